The standard InChI is InChI=1S/C17H14N4/c18-19-17-8-7-16(20-21-17)12-5-6-15-13(10-12)9-11-3-1-2-4-14(11)15/h1-8,10H,9,18H2,(H,19,21). The van der Waals surface area contributed by atoms with Crippen LogP contribution in [0.25, 0.3) is 22.4 Å². The van der Waals surface area contributed by atoms with Crippen molar-refractivity contribution in [3.63, 3.8) is 0 Å². The number of hydrazine groups is 1. The van der Waals surface area contributed by atoms with Gasteiger partial charge in [0, 0.05) is 5.56 Å². The summed E-state index contributed by atoms with van der Waals surface area (Å²) >= 11 is 0. The van der Waals surface area contributed by atoms with Crippen LogP contribution in [-0.2, 0) is 6.42 Å². The fourth-order valence-corrected chi connectivity index (χ4v) is 2.87. The van der Waals surface area contributed by atoms with Crippen LogP contribution >= 0.6 is 0 Å². The van der Waals surface area contributed by atoms with E-state index in [-0.39, 0.29) is 0 Å². The molecule has 0 saturated heterocycles. The van der Waals surface area contributed by atoms with Crippen LogP contribution in [0.4, 0.5) is 5.82 Å². The summed E-state index contributed by atoms with van der Waals surface area (Å²) in [7, 11) is 0. The molecule has 102 valence electrons. The molecule has 0 spiro atoms. The average Bonchev–Trinajstić information content (AvgIpc) is 2.92. The Balaban J connectivity index is 1.75. The van der Waals surface area contributed by atoms with Gasteiger partial charge in [0.15, 0.2) is 5.82 Å². The largest absolute Gasteiger partial charge is 0.307 e. The maximum absolute atomic E-state index is 5.31. The maximum Gasteiger partial charge on any atom is 0.162 e. The van der Waals surface area contributed by atoms with Gasteiger partial charge in [-0.05, 0) is 46.9 Å². The molecule has 0 amide bonds. The zero-order valence-electron chi connectivity index (χ0n) is 11.4. The minimum atomic E-state index is 0.562. The van der Waals surface area contributed by atoms with Crippen LogP contribution in [0.5, 0.6) is 0 Å². The zero-order valence-corrected chi connectivity index (χ0v) is 11.4. The van der Waals surface area contributed by atoms with Gasteiger partial charge in [-0.2, -0.15) is 0 Å². The van der Waals surface area contributed by atoms with Gasteiger partial charge in [-0.1, -0.05) is 36.4 Å². The minimum absolute atomic E-state index is 0.562. The summed E-state index contributed by atoms with van der Waals surface area (Å²) in [5, 5.41) is 8.22. The van der Waals surface area contributed by atoms with Gasteiger partial charge in [-0.15, -0.1) is 10.2 Å². The third-order valence-electron chi connectivity index (χ3n) is 3.90. The highest BCUT2D eigenvalue weighted by molar-refractivity contribution is 5.79. The molecule has 1 aromatic heterocycles. The normalized spacial score (nSPS) is 11.9. The van der Waals surface area contributed by atoms with Crippen molar-refractivity contribution in [3.05, 3.63) is 65.7 Å². The molecule has 0 unspecified atom stereocenters. The van der Waals surface area contributed by atoms with Crippen molar-refractivity contribution in [3.8, 4) is 22.4 Å². The molecule has 0 aliphatic heterocycles. The maximum atomic E-state index is 5.31. The van der Waals surface area contributed by atoms with E-state index in [1.54, 1.807) is 0 Å². The molecule has 0 bridgehead atoms. The van der Waals surface area contributed by atoms with Crippen molar-refractivity contribution in [2.24, 2.45) is 5.84 Å². The lowest BCUT2D eigenvalue weighted by atomic mass is 10.0. The van der Waals surface area contributed by atoms with E-state index >= 15 is 0 Å². The SMILES string of the molecule is NNc1ccc(-c2ccc3c(c2)Cc2ccccc2-3)nn1. The lowest BCUT2D eigenvalue weighted by Gasteiger charge is -2.05. The summed E-state index contributed by atoms with van der Waals surface area (Å²) in [5.41, 5.74) is 9.81. The first-order valence-electron chi connectivity index (χ1n) is 6.87. The van der Waals surface area contributed by atoms with Crippen LogP contribution in [0.2, 0.25) is 0 Å². The van der Waals surface area contributed by atoms with Gasteiger partial charge in [0.05, 0.1) is 5.69 Å². The topological polar surface area (TPSA) is 63.8 Å². The number of hydrogen-bond donors (Lipinski definition) is 2. The van der Waals surface area contributed by atoms with Crippen molar-refractivity contribution < 1.29 is 0 Å². The second-order valence-electron chi connectivity index (χ2n) is 5.15. The van der Waals surface area contributed by atoms with Gasteiger partial charge in [-0.25, -0.2) is 5.84 Å². The third kappa shape index (κ3) is 1.97. The third-order valence-corrected chi connectivity index (χ3v) is 3.90. The quantitative estimate of drug-likeness (QED) is 0.435. The molecule has 21 heavy (non-hydrogen) atoms. The van der Waals surface area contributed by atoms with E-state index in [1.807, 2.05) is 12.1 Å². The first kappa shape index (κ1) is 12.1. The molecule has 0 fully saturated rings. The molecule has 2 aromatic carbocycles. The predicted octanol–water partition coefficient (Wildman–Crippen LogP) is 3.00. The molecule has 0 atom stereocenters. The van der Waals surface area contributed by atoms with Gasteiger partial charge in [0.25, 0.3) is 0 Å². The molecule has 3 aromatic rings. The minimum Gasteiger partial charge on any atom is -0.307 e. The summed E-state index contributed by atoms with van der Waals surface area (Å²) in [6.07, 6.45) is 0.981. The lowest BCUT2D eigenvalue weighted by Crippen LogP contribution is -2.09. The highest BCUT2D eigenvalue weighted by Gasteiger charge is 2.18. The molecular formula is C17H14N4. The van der Waals surface area contributed by atoms with E-state index in [2.05, 4.69) is 58.1 Å². The number of nitrogens with one attached hydrogen (secondary N) is 1. The number of nitrogen functional groups attached to an aromatic ring is 1. The molecule has 4 heteroatoms. The smallest absolute Gasteiger partial charge is 0.162 e. The Hall–Kier alpha value is -2.72. The number of nitrogens with two attached hydrogens (primary N) is 1. The van der Waals surface area contributed by atoms with E-state index in [4.69, 9.17) is 5.84 Å². The van der Waals surface area contributed by atoms with Crippen molar-refractivity contribution in [1.29, 1.82) is 0 Å². The van der Waals surface area contributed by atoms with Crippen LogP contribution in [-0.4, -0.2) is 10.2 Å². The van der Waals surface area contributed by atoms with Crippen molar-refractivity contribution in [1.82, 2.24) is 10.2 Å². The number of benzene rings is 2. The second kappa shape index (κ2) is 4.68. The van der Waals surface area contributed by atoms with E-state index in [0.717, 1.165) is 17.7 Å². The van der Waals surface area contributed by atoms with Crippen molar-refractivity contribution >= 4 is 5.82 Å². The summed E-state index contributed by atoms with van der Waals surface area (Å²) in [6, 6.07) is 18.8. The molecule has 4 nitrogen and oxygen atoms in total. The van der Waals surface area contributed by atoms with Gasteiger partial charge < -0.3 is 5.43 Å². The first-order chi connectivity index (χ1) is 10.3. The van der Waals surface area contributed by atoms with E-state index in [9.17, 15) is 0 Å². The van der Waals surface area contributed by atoms with Gasteiger partial charge >= 0.3 is 0 Å². The molecule has 1 aliphatic rings. The van der Waals surface area contributed by atoms with Crippen LogP contribution in [0.1, 0.15) is 11.1 Å². The summed E-state index contributed by atoms with van der Waals surface area (Å²) < 4.78 is 0. The molecule has 0 saturated carbocycles. The van der Waals surface area contributed by atoms with Gasteiger partial charge in [-0.3, -0.25) is 0 Å². The van der Waals surface area contributed by atoms with E-state index < -0.39 is 0 Å². The Kier molecular flexibility index (Phi) is 2.69. The average molecular weight is 274 g/mol. The number of fused-ring (bicyclic) bond motifs is 3. The number of aromatic nitrogens is 2. The Morgan fingerprint density at radius 3 is 2.52 bits per heavy atom. The monoisotopic (exact) mass is 274 g/mol. The Bertz CT molecular complexity index is 809. The Labute approximate surface area is 122 Å². The highest BCUT2D eigenvalue weighted by atomic mass is 15.3. The fraction of sp³-hybridized carbons (Fsp3) is 0.0588. The van der Waals surface area contributed by atoms with Crippen molar-refractivity contribution in [2.75, 3.05) is 5.43 Å². The summed E-state index contributed by atoms with van der Waals surface area (Å²) in [4.78, 5) is 0. The lowest BCUT2D eigenvalue weighted by molar-refractivity contribution is 1.03. The number of hydrogen-bond acceptors (Lipinski definition) is 4. The molecule has 1 aliphatic carbocycles. The van der Waals surface area contributed by atoms with E-state index in [1.165, 1.54) is 22.3 Å². The van der Waals surface area contributed by atoms with Crippen molar-refractivity contribution in [2.45, 2.75) is 6.42 Å². The Morgan fingerprint density at radius 2 is 1.71 bits per heavy atom. The fourth-order valence-electron chi connectivity index (χ4n) is 2.87. The molecule has 1 heterocycles. The van der Waals surface area contributed by atoms with Crippen LogP contribution in [0, 0.1) is 0 Å². The van der Waals surface area contributed by atoms with Gasteiger partial charge in [0.1, 0.15) is 0 Å². The van der Waals surface area contributed by atoms with Crippen LogP contribution < -0.4 is 11.3 Å². The molecule has 0 radical (unpaired) electrons. The first-order valence-corrected chi connectivity index (χ1v) is 6.87. The molecule has 3 N–H and O–H groups in total. The Morgan fingerprint density at radius 1 is 0.857 bits per heavy atom. The number of rotatable bonds is 2. The zero-order chi connectivity index (χ0) is 14.2. The molecular weight excluding hydrogens is 260 g/mol. The van der Waals surface area contributed by atoms with Gasteiger partial charge in [0.2, 0.25) is 0 Å². The number of nitrogens with zero attached hydrogens (tertiary/aromatic N) is 2. The summed E-state index contributed by atoms with van der Waals surface area (Å²) in [6.45, 7) is 0. The molecule has 4 rings (SSSR count). The van der Waals surface area contributed by atoms with E-state index in [0.29, 0.717) is 5.82 Å². The predicted molar refractivity (Wildman–Crippen MR) is 83.5 cm³/mol. The van der Waals surface area contributed by atoms with Crippen LogP contribution in [0.3, 0.4) is 0 Å². The summed E-state index contributed by atoms with van der Waals surface area (Å²) in [5.74, 6) is 5.87. The van der Waals surface area contributed by atoms with Crippen LogP contribution in [0.15, 0.2) is 54.6 Å². The second-order valence-corrected chi connectivity index (χ2v) is 5.15. The number of anilines is 1. The highest BCUT2D eigenvalue weighted by Crippen LogP contribution is 2.38.